The van der Waals surface area contributed by atoms with Crippen molar-refractivity contribution < 1.29 is 76.7 Å². The number of aliphatic hydroxyl groups is 1. The van der Waals surface area contributed by atoms with E-state index in [1.165, 1.54) is 61.9 Å². The highest BCUT2D eigenvalue weighted by Gasteiger charge is 2.64. The molecule has 5 N–H and O–H groups in total. The van der Waals surface area contributed by atoms with Crippen molar-refractivity contribution in [2.75, 3.05) is 52.1 Å². The number of hydrogen-bond acceptors (Lipinski definition) is 18. The van der Waals surface area contributed by atoms with E-state index in [9.17, 15) is 53.1 Å². The molecule has 0 radical (unpaired) electrons. The molecule has 93 heavy (non-hydrogen) atoms. The number of nitrogens with two attached hydrogens (primary N) is 1. The Morgan fingerprint density at radius 2 is 1.66 bits per heavy atom. The van der Waals surface area contributed by atoms with Crippen molar-refractivity contribution in [3.63, 3.8) is 0 Å². The monoisotopic (exact) mass is 1350 g/mol. The third kappa shape index (κ3) is 21.1. The summed E-state index contributed by atoms with van der Waals surface area (Å²) in [6.45, 7) is 11.1. The number of halogens is 1. The smallest absolute Gasteiger partial charge is 0.328 e. The van der Waals surface area contributed by atoms with Crippen molar-refractivity contribution in [2.45, 2.75) is 186 Å². The first-order valence-corrected chi connectivity index (χ1v) is 33.5. The lowest BCUT2D eigenvalue weighted by Crippen LogP contribution is -2.53. The number of anilines is 1. The third-order valence-corrected chi connectivity index (χ3v) is 19.8. The summed E-state index contributed by atoms with van der Waals surface area (Å²) >= 11 is 13.9. The molecule has 0 aromatic heterocycles. The predicted molar refractivity (Wildman–Crippen MR) is 356 cm³/mol. The Balaban J connectivity index is 1.02. The van der Waals surface area contributed by atoms with Crippen molar-refractivity contribution in [3.8, 4) is 5.75 Å². The van der Waals surface area contributed by atoms with Crippen LogP contribution in [0.5, 0.6) is 5.75 Å². The Morgan fingerprint density at radius 3 is 2.31 bits per heavy atom. The molecule has 508 valence electrons. The minimum absolute atomic E-state index is 0.00419. The van der Waals surface area contributed by atoms with Crippen LogP contribution in [0.1, 0.15) is 135 Å². The van der Waals surface area contributed by atoms with Crippen molar-refractivity contribution in [1.29, 1.82) is 0 Å². The number of nitrogens with zero attached hydrogens (tertiary/aromatic N) is 3. The molecule has 2 fully saturated rings. The Bertz CT molecular complexity index is 3180. The van der Waals surface area contributed by atoms with Crippen LogP contribution in [0.3, 0.4) is 0 Å². The maximum atomic E-state index is 14.5. The Labute approximate surface area is 559 Å². The minimum atomic E-state index is -1.64. The van der Waals surface area contributed by atoms with Gasteiger partial charge in [-0.1, -0.05) is 99.1 Å². The SMILES string of the molecule is COc1cc2cc(c1Cl)N(C)C(=O)C[C@H](OC(=O)[C@H](C)N(C)C(=O)CCSC(=S)CCc1ccc(CC(=O)[C@H](CCCNC(N)=O)NC(=O)[C@@H](CC(=O)CCCCCN3C(=O)C=CC3=O)C(C)C)cc1)[C@]1(C)O[C@H]1[C@H](C)[C@@H]1C[C@@](O)(CC(=O)O1)[C@H](OC)/C=C/C=C(\C)C2. The number of benzene rings is 2. The van der Waals surface area contributed by atoms with Crippen LogP contribution in [-0.2, 0) is 81.4 Å². The van der Waals surface area contributed by atoms with E-state index >= 15 is 0 Å². The Hall–Kier alpha value is -6.83. The molecule has 0 spiro atoms. The van der Waals surface area contributed by atoms with Crippen LogP contribution in [0.25, 0.3) is 0 Å². The molecule has 2 aromatic rings. The first-order chi connectivity index (χ1) is 44.0. The molecule has 6 rings (SSSR count). The fourth-order valence-electron chi connectivity index (χ4n) is 11.9. The maximum absolute atomic E-state index is 14.5. The number of aryl methyl sites for hydroxylation is 1. The fourth-order valence-corrected chi connectivity index (χ4v) is 13.3. The number of hydrogen-bond donors (Lipinski definition) is 4. The summed E-state index contributed by atoms with van der Waals surface area (Å²) < 4.78 is 30.5. The second-order valence-corrected chi connectivity index (χ2v) is 27.5. The highest BCUT2D eigenvalue weighted by Crippen LogP contribution is 2.50. The lowest BCUT2D eigenvalue weighted by molar-refractivity contribution is -0.187. The zero-order valence-electron chi connectivity index (χ0n) is 55.0. The van der Waals surface area contributed by atoms with Gasteiger partial charge in [-0.05, 0) is 100 Å². The Kier molecular flexibility index (Phi) is 27.9. The summed E-state index contributed by atoms with van der Waals surface area (Å²) in [5.41, 5.74) is 6.04. The first kappa shape index (κ1) is 75.2. The van der Waals surface area contributed by atoms with Gasteiger partial charge in [0.25, 0.3) is 11.8 Å². The summed E-state index contributed by atoms with van der Waals surface area (Å²) in [6, 6.07) is 8.30. The van der Waals surface area contributed by atoms with Gasteiger partial charge in [-0.2, -0.15) is 0 Å². The van der Waals surface area contributed by atoms with Gasteiger partial charge >= 0.3 is 18.0 Å². The molecule has 0 saturated carbocycles. The van der Waals surface area contributed by atoms with Gasteiger partial charge in [0.2, 0.25) is 17.7 Å². The summed E-state index contributed by atoms with van der Waals surface area (Å²) in [6.07, 6.45) is 7.49. The topological polar surface area (TPSA) is 300 Å². The van der Waals surface area contributed by atoms with E-state index in [1.54, 1.807) is 45.2 Å². The second kappa shape index (κ2) is 34.5. The number of Topliss-reactive ketones (excluding diaryl/α,β-unsaturated/α-hetero) is 2. The number of imide groups is 1. The molecule has 4 bridgehead atoms. The summed E-state index contributed by atoms with van der Waals surface area (Å²) in [4.78, 5) is 135. The molecule has 10 atom stereocenters. The zero-order valence-corrected chi connectivity index (χ0v) is 57.3. The first-order valence-electron chi connectivity index (χ1n) is 31.7. The number of allylic oxidation sites excluding steroid dienone is 3. The van der Waals surface area contributed by atoms with E-state index in [0.29, 0.717) is 71.9 Å². The zero-order chi connectivity index (χ0) is 68.5. The molecule has 7 amide bonds. The molecular weight excluding hydrogens is 1260 g/mol. The lowest BCUT2D eigenvalue weighted by atomic mass is 9.78. The lowest BCUT2D eigenvalue weighted by Gasteiger charge is -2.41. The number of carbonyl (C=O) groups is 10. The summed E-state index contributed by atoms with van der Waals surface area (Å²) in [5.74, 6) is -4.53. The quantitative estimate of drug-likeness (QED) is 0.0200. The number of epoxide rings is 1. The predicted octanol–water partition coefficient (Wildman–Crippen LogP) is 7.61. The highest BCUT2D eigenvalue weighted by atomic mass is 35.5. The van der Waals surface area contributed by atoms with Crippen LogP contribution in [0, 0.1) is 17.8 Å². The number of ketones is 2. The summed E-state index contributed by atoms with van der Waals surface area (Å²) in [7, 11) is 5.98. The molecular formula is C68H91ClN6O16S2. The molecule has 25 heteroatoms. The van der Waals surface area contributed by atoms with Gasteiger partial charge in [0, 0.05) is 100 Å². The van der Waals surface area contributed by atoms with Crippen molar-refractivity contribution in [1.82, 2.24) is 20.4 Å². The number of amides is 7. The van der Waals surface area contributed by atoms with Crippen LogP contribution in [0.4, 0.5) is 10.5 Å². The number of thiocarbonyl (C=S) groups is 1. The van der Waals surface area contributed by atoms with E-state index in [4.69, 9.17) is 53.2 Å². The van der Waals surface area contributed by atoms with Crippen molar-refractivity contribution in [2.24, 2.45) is 23.5 Å². The van der Waals surface area contributed by atoms with Gasteiger partial charge in [-0.15, -0.1) is 11.8 Å². The average Bonchev–Trinajstić information content (AvgIpc) is 1.58. The molecule has 0 unspecified atom stereocenters. The molecule has 22 nitrogen and oxygen atoms in total. The number of unbranched alkanes of at least 4 members (excludes halogenated alkanes) is 2. The number of methoxy groups -OCH3 is 2. The van der Waals surface area contributed by atoms with Gasteiger partial charge in [-0.3, -0.25) is 43.3 Å². The molecule has 2 aromatic carbocycles. The maximum Gasteiger partial charge on any atom is 0.328 e. The number of likely N-dealkylation sites (N-methyl/N-ethyl adjacent to an activating group) is 1. The number of nitrogens with one attached hydrogen (secondary N) is 2. The molecule has 0 aliphatic carbocycles. The van der Waals surface area contributed by atoms with Gasteiger partial charge in [-0.25, -0.2) is 9.59 Å². The number of urea groups is 1. The normalized spacial score (nSPS) is 24.2. The van der Waals surface area contributed by atoms with Gasteiger partial charge in [0.1, 0.15) is 52.1 Å². The number of rotatable bonds is 29. The molecule has 4 aliphatic heterocycles. The van der Waals surface area contributed by atoms with E-state index in [0.717, 1.165) is 21.6 Å². The van der Waals surface area contributed by atoms with Crippen LogP contribution in [0.15, 0.2) is 72.4 Å². The van der Waals surface area contributed by atoms with Gasteiger partial charge in [0.15, 0.2) is 5.78 Å². The van der Waals surface area contributed by atoms with E-state index in [-0.39, 0.29) is 105 Å². The molecule has 4 aliphatic rings. The largest absolute Gasteiger partial charge is 0.495 e. The van der Waals surface area contributed by atoms with Crippen LogP contribution in [0.2, 0.25) is 5.02 Å². The fraction of sp³-hybridized carbons (Fsp3) is 0.574. The average molecular weight is 1350 g/mol. The van der Waals surface area contributed by atoms with E-state index < -0.39 is 89.3 Å². The highest BCUT2D eigenvalue weighted by molar-refractivity contribution is 8.23. The van der Waals surface area contributed by atoms with Crippen LogP contribution < -0.4 is 26.0 Å². The molecule has 4 heterocycles. The van der Waals surface area contributed by atoms with Crippen molar-refractivity contribution in [3.05, 3.63) is 94.1 Å². The van der Waals surface area contributed by atoms with Crippen LogP contribution in [-0.4, -0.2) is 173 Å². The second-order valence-electron chi connectivity index (χ2n) is 25.2. The Morgan fingerprint density at radius 1 is 0.968 bits per heavy atom. The number of ether oxygens (including phenoxy) is 5. The van der Waals surface area contributed by atoms with Gasteiger partial charge < -0.3 is 55.0 Å². The summed E-state index contributed by atoms with van der Waals surface area (Å²) in [5, 5.41) is 17.6. The number of fused-ring (bicyclic) bond motifs is 5. The number of esters is 2. The standard InChI is InChI=1S/C68H91ClN6O16S2/c1-40(2)48(36-47(76)17-12-11-13-30-75-57(79)25-26-58(75)80)64(83)72-49(18-15-29-71-66(70)85)51(77)34-45-22-20-44(21-23-45)24-27-61(92)93-31-28-56(78)73(7)43(5)65(84)90-55-37-59(81)74(8)50-33-46(35-52(87-9)62(50)69)32-41(3)16-14-19-54(88-10)68(86)38-53(89-60(82)39-68)42(4)63-67(55,6)91-63/h14,16,19-23,25-26,33,35,40,42-43,48-49,53-55,63,86H,11-13,15,17-18,24,27-32,34,36-39H2,1-10H3,(H,72,83)(H3,70,71,85)/b19-14+,41-16+/t42-,43+,48+,49+,53+,54-,55+,63+,67+,68-/m1/s1. The number of thioether (sulfide) groups is 1. The van der Waals surface area contributed by atoms with Crippen LogP contribution >= 0.6 is 35.6 Å². The van der Waals surface area contributed by atoms with E-state index in [1.807, 2.05) is 51.1 Å². The number of primary amides is 1. The minimum Gasteiger partial charge on any atom is -0.495 e. The number of carbonyl (C=O) groups excluding carboxylic acids is 10. The molecule has 2 saturated heterocycles. The third-order valence-electron chi connectivity index (χ3n) is 17.9. The van der Waals surface area contributed by atoms with Crippen molar-refractivity contribution >= 4 is 105 Å². The van der Waals surface area contributed by atoms with E-state index in [2.05, 4.69) is 10.6 Å². The van der Waals surface area contributed by atoms with Gasteiger partial charge in [0.05, 0.1) is 37.8 Å².